The zero-order valence-corrected chi connectivity index (χ0v) is 23.4. The lowest BCUT2D eigenvalue weighted by atomic mass is 10.1. The van der Waals surface area contributed by atoms with Gasteiger partial charge in [0.2, 0.25) is 0 Å². The Morgan fingerprint density at radius 1 is 1.03 bits per heavy atom. The molecule has 1 fully saturated rings. The lowest BCUT2D eigenvalue weighted by Crippen LogP contribution is -2.54. The first-order chi connectivity index (χ1) is 18.7. The average Bonchev–Trinajstić information content (AvgIpc) is 2.89. The van der Waals surface area contributed by atoms with Gasteiger partial charge in [0, 0.05) is 5.69 Å². The number of carbonyl (C=O) groups excluding carboxylic acids is 4. The van der Waals surface area contributed by atoms with Crippen LogP contribution in [0.2, 0.25) is 10.0 Å². The summed E-state index contributed by atoms with van der Waals surface area (Å²) in [5.74, 6) is -1.57. The van der Waals surface area contributed by atoms with Crippen molar-refractivity contribution in [2.45, 2.75) is 6.92 Å². The maximum Gasteiger partial charge on any atom is 0.335 e. The van der Waals surface area contributed by atoms with E-state index in [0.717, 1.165) is 4.90 Å². The number of imide groups is 2. The predicted octanol–water partition coefficient (Wildman–Crippen LogP) is 5.84. The molecule has 1 aliphatic heterocycles. The van der Waals surface area contributed by atoms with Gasteiger partial charge in [-0.25, -0.2) is 9.69 Å². The molecule has 0 radical (unpaired) electrons. The highest BCUT2D eigenvalue weighted by Gasteiger charge is 2.37. The zero-order valence-electron chi connectivity index (χ0n) is 20.3. The number of ether oxygens (including phenoxy) is 2. The van der Waals surface area contributed by atoms with E-state index >= 15 is 0 Å². The molecular formula is C27H20BrCl2N3O6. The molecule has 0 spiro atoms. The maximum atomic E-state index is 13.2. The van der Waals surface area contributed by atoms with Gasteiger partial charge in [0.25, 0.3) is 17.7 Å². The van der Waals surface area contributed by atoms with E-state index in [4.69, 9.17) is 32.7 Å². The molecule has 12 heteroatoms. The second kappa shape index (κ2) is 12.3. The van der Waals surface area contributed by atoms with Gasteiger partial charge in [0.15, 0.2) is 18.1 Å². The van der Waals surface area contributed by atoms with Gasteiger partial charge < -0.3 is 14.8 Å². The minimum absolute atomic E-state index is 0.135. The van der Waals surface area contributed by atoms with Crippen LogP contribution in [-0.4, -0.2) is 37.0 Å². The van der Waals surface area contributed by atoms with E-state index < -0.39 is 17.8 Å². The van der Waals surface area contributed by atoms with Crippen LogP contribution >= 0.6 is 39.1 Å². The van der Waals surface area contributed by atoms with E-state index in [1.54, 1.807) is 43.3 Å². The van der Waals surface area contributed by atoms with E-state index in [2.05, 4.69) is 26.6 Å². The first-order valence-corrected chi connectivity index (χ1v) is 13.0. The Bertz CT molecular complexity index is 1500. The fourth-order valence-electron chi connectivity index (χ4n) is 3.61. The van der Waals surface area contributed by atoms with E-state index in [0.29, 0.717) is 15.7 Å². The predicted molar refractivity (Wildman–Crippen MR) is 151 cm³/mol. The van der Waals surface area contributed by atoms with Gasteiger partial charge in [-0.05, 0) is 77.0 Å². The van der Waals surface area contributed by atoms with Gasteiger partial charge in [0.05, 0.1) is 26.8 Å². The minimum atomic E-state index is -0.922. The van der Waals surface area contributed by atoms with Crippen LogP contribution < -0.4 is 25.0 Å². The minimum Gasteiger partial charge on any atom is -0.490 e. The zero-order chi connectivity index (χ0) is 28.1. The average molecular weight is 633 g/mol. The number of benzene rings is 3. The molecule has 0 atom stereocenters. The molecule has 0 bridgehead atoms. The van der Waals surface area contributed by atoms with Crippen molar-refractivity contribution in [3.8, 4) is 11.5 Å². The summed E-state index contributed by atoms with van der Waals surface area (Å²) in [5, 5.41) is 5.25. The second-order valence-electron chi connectivity index (χ2n) is 8.02. The van der Waals surface area contributed by atoms with Gasteiger partial charge in [-0.1, -0.05) is 41.4 Å². The highest BCUT2D eigenvalue weighted by molar-refractivity contribution is 9.10. The Hall–Kier alpha value is -3.86. The van der Waals surface area contributed by atoms with E-state index in [9.17, 15) is 19.2 Å². The maximum absolute atomic E-state index is 13.2. The fourth-order valence-corrected chi connectivity index (χ4v) is 4.48. The number of urea groups is 1. The first kappa shape index (κ1) is 28.2. The summed E-state index contributed by atoms with van der Waals surface area (Å²) in [4.78, 5) is 51.4. The third-order valence-electron chi connectivity index (χ3n) is 5.31. The van der Waals surface area contributed by atoms with Crippen LogP contribution in [0.5, 0.6) is 11.5 Å². The van der Waals surface area contributed by atoms with Crippen LogP contribution in [-0.2, 0) is 14.4 Å². The fraction of sp³-hybridized carbons (Fsp3) is 0.111. The first-order valence-electron chi connectivity index (χ1n) is 11.5. The summed E-state index contributed by atoms with van der Waals surface area (Å²) in [6.07, 6.45) is 1.31. The largest absolute Gasteiger partial charge is 0.490 e. The second-order valence-corrected chi connectivity index (χ2v) is 9.69. The van der Waals surface area contributed by atoms with Crippen LogP contribution in [0.4, 0.5) is 16.2 Å². The smallest absolute Gasteiger partial charge is 0.335 e. The van der Waals surface area contributed by atoms with Crippen molar-refractivity contribution in [1.29, 1.82) is 0 Å². The molecule has 1 aliphatic rings. The molecule has 5 amide bonds. The van der Waals surface area contributed by atoms with Gasteiger partial charge in [-0.3, -0.25) is 19.7 Å². The summed E-state index contributed by atoms with van der Waals surface area (Å²) in [6, 6.07) is 15.4. The van der Waals surface area contributed by atoms with Crippen LogP contribution in [0.15, 0.2) is 70.7 Å². The normalized spacial score (nSPS) is 14.3. The van der Waals surface area contributed by atoms with Crippen molar-refractivity contribution in [3.63, 3.8) is 0 Å². The molecular weight excluding hydrogens is 613 g/mol. The third kappa shape index (κ3) is 6.59. The number of hydrogen-bond acceptors (Lipinski definition) is 6. The number of halogens is 3. The molecule has 200 valence electrons. The third-order valence-corrected chi connectivity index (χ3v) is 6.64. The van der Waals surface area contributed by atoms with E-state index in [-0.39, 0.29) is 51.9 Å². The van der Waals surface area contributed by atoms with E-state index in [1.165, 1.54) is 24.3 Å². The molecule has 4 rings (SSSR count). The highest BCUT2D eigenvalue weighted by atomic mass is 79.9. The lowest BCUT2D eigenvalue weighted by molar-refractivity contribution is -0.122. The summed E-state index contributed by atoms with van der Waals surface area (Å²) in [5.41, 5.74) is 0.860. The standard InChI is InChI=1S/C27H20BrCl2N3O6/c1-2-38-22-12-15(11-19(28)24(22)39-14-23(34)31-16-6-4-3-5-7-16)10-18-25(35)32-27(37)33(26(18)36)17-8-9-20(29)21(30)13-17/h3-13H,2,14H2,1H3,(H,31,34)(H,32,35,37)/b18-10+. The van der Waals surface area contributed by atoms with Crippen LogP contribution in [0.1, 0.15) is 12.5 Å². The van der Waals surface area contributed by atoms with Gasteiger partial charge >= 0.3 is 6.03 Å². The number of hydrogen-bond donors (Lipinski definition) is 2. The number of carbonyl (C=O) groups is 4. The number of barbiturate groups is 1. The molecule has 3 aromatic rings. The van der Waals surface area contributed by atoms with Crippen LogP contribution in [0.3, 0.4) is 0 Å². The number of amides is 5. The number of para-hydroxylation sites is 1. The van der Waals surface area contributed by atoms with E-state index in [1.807, 2.05) is 6.07 Å². The topological polar surface area (TPSA) is 114 Å². The molecule has 3 aromatic carbocycles. The lowest BCUT2D eigenvalue weighted by Gasteiger charge is -2.26. The molecule has 0 saturated carbocycles. The number of anilines is 2. The van der Waals surface area contributed by atoms with Crippen molar-refractivity contribution in [3.05, 3.63) is 86.3 Å². The molecule has 0 aliphatic carbocycles. The van der Waals surface area contributed by atoms with Crippen molar-refractivity contribution in [2.75, 3.05) is 23.4 Å². The highest BCUT2D eigenvalue weighted by Crippen LogP contribution is 2.38. The molecule has 1 heterocycles. The van der Waals surface area contributed by atoms with Gasteiger partial charge in [0.1, 0.15) is 5.57 Å². The summed E-state index contributed by atoms with van der Waals surface area (Å²) < 4.78 is 11.8. The quantitative estimate of drug-likeness (QED) is 0.238. The Balaban J connectivity index is 1.60. The Morgan fingerprint density at radius 2 is 1.77 bits per heavy atom. The Labute approximate surface area is 241 Å². The van der Waals surface area contributed by atoms with Crippen molar-refractivity contribution < 1.29 is 28.7 Å². The number of nitrogens with zero attached hydrogens (tertiary/aromatic N) is 1. The Kier molecular flexibility index (Phi) is 8.90. The monoisotopic (exact) mass is 631 g/mol. The number of nitrogens with one attached hydrogen (secondary N) is 2. The van der Waals surface area contributed by atoms with Crippen molar-refractivity contribution in [2.24, 2.45) is 0 Å². The SMILES string of the molecule is CCOc1cc(/C=C2\C(=O)NC(=O)N(c3ccc(Cl)c(Cl)c3)C2=O)cc(Br)c1OCC(=O)Nc1ccccc1. The molecule has 0 aromatic heterocycles. The summed E-state index contributed by atoms with van der Waals surface area (Å²) in [7, 11) is 0. The summed E-state index contributed by atoms with van der Waals surface area (Å²) >= 11 is 15.4. The number of rotatable bonds is 8. The molecule has 1 saturated heterocycles. The van der Waals surface area contributed by atoms with Crippen LogP contribution in [0, 0.1) is 0 Å². The molecule has 0 unspecified atom stereocenters. The molecule has 39 heavy (non-hydrogen) atoms. The van der Waals surface area contributed by atoms with Crippen molar-refractivity contribution in [1.82, 2.24) is 5.32 Å². The van der Waals surface area contributed by atoms with Gasteiger partial charge in [-0.2, -0.15) is 0 Å². The van der Waals surface area contributed by atoms with Gasteiger partial charge in [-0.15, -0.1) is 0 Å². The Morgan fingerprint density at radius 3 is 2.46 bits per heavy atom. The molecule has 2 N–H and O–H groups in total. The summed E-state index contributed by atoms with van der Waals surface area (Å²) in [6.45, 7) is 1.75. The van der Waals surface area contributed by atoms with Crippen molar-refractivity contribution >= 4 is 80.3 Å². The molecule has 9 nitrogen and oxygen atoms in total. The van der Waals surface area contributed by atoms with Crippen LogP contribution in [0.25, 0.3) is 6.08 Å².